The number of amides is 1. The topological polar surface area (TPSA) is 41.1 Å². The zero-order chi connectivity index (χ0) is 13.9. The van der Waals surface area contributed by atoms with Gasteiger partial charge in [-0.25, -0.2) is 0 Å². The summed E-state index contributed by atoms with van der Waals surface area (Å²) in [6.45, 7) is 0.589. The lowest BCUT2D eigenvalue weighted by atomic mass is 10.1. The first-order valence-corrected chi connectivity index (χ1v) is 6.97. The van der Waals surface area contributed by atoms with E-state index in [9.17, 15) is 4.79 Å². The first kappa shape index (κ1) is 13.2. The van der Waals surface area contributed by atoms with Gasteiger partial charge >= 0.3 is 0 Å². The highest BCUT2D eigenvalue weighted by atomic mass is 35.5. The summed E-state index contributed by atoms with van der Waals surface area (Å²) in [5.74, 6) is -0.0186. The minimum Gasteiger partial charge on any atom is -0.324 e. The van der Waals surface area contributed by atoms with Crippen LogP contribution in [0, 0.1) is 0 Å². The molecule has 1 aliphatic rings. The van der Waals surface area contributed by atoms with Crippen molar-refractivity contribution in [1.82, 2.24) is 5.32 Å². The Labute approximate surface area is 123 Å². The number of fused-ring (bicyclic) bond motifs is 1. The maximum Gasteiger partial charge on any atom is 0.241 e. The Morgan fingerprint density at radius 2 is 1.90 bits per heavy atom. The molecule has 1 atom stereocenters. The Kier molecular flexibility index (Phi) is 3.72. The molecular weight excluding hydrogens is 272 g/mol. The SMILES string of the molecule is O=C1Nc2cccc(Cl)c2CN[C@H]1Cc1ccccc1. The van der Waals surface area contributed by atoms with Crippen molar-refractivity contribution in [3.8, 4) is 0 Å². The number of benzene rings is 2. The van der Waals surface area contributed by atoms with Gasteiger partial charge in [0.25, 0.3) is 0 Å². The van der Waals surface area contributed by atoms with Crippen molar-refractivity contribution in [2.75, 3.05) is 5.32 Å². The predicted molar refractivity (Wildman–Crippen MR) is 80.9 cm³/mol. The molecule has 2 aromatic carbocycles. The fourth-order valence-electron chi connectivity index (χ4n) is 2.41. The fourth-order valence-corrected chi connectivity index (χ4v) is 2.65. The maximum absolute atomic E-state index is 12.3. The van der Waals surface area contributed by atoms with Gasteiger partial charge in [-0.2, -0.15) is 0 Å². The molecule has 0 aliphatic carbocycles. The summed E-state index contributed by atoms with van der Waals surface area (Å²) in [5.41, 5.74) is 2.88. The highest BCUT2D eigenvalue weighted by Gasteiger charge is 2.24. The third-order valence-electron chi connectivity index (χ3n) is 3.50. The van der Waals surface area contributed by atoms with E-state index in [1.54, 1.807) is 0 Å². The van der Waals surface area contributed by atoms with E-state index in [0.29, 0.717) is 18.0 Å². The lowest BCUT2D eigenvalue weighted by Gasteiger charge is -2.14. The molecule has 2 aromatic rings. The maximum atomic E-state index is 12.3. The minimum atomic E-state index is -0.249. The molecule has 0 aromatic heterocycles. The van der Waals surface area contributed by atoms with Crippen LogP contribution >= 0.6 is 11.6 Å². The molecular formula is C16H15ClN2O. The van der Waals surface area contributed by atoms with Crippen LogP contribution in [0.15, 0.2) is 48.5 Å². The van der Waals surface area contributed by atoms with Crippen molar-refractivity contribution in [2.45, 2.75) is 19.0 Å². The molecule has 3 nitrogen and oxygen atoms in total. The molecule has 1 aliphatic heterocycles. The number of carbonyl (C=O) groups excluding carboxylic acids is 1. The summed E-state index contributed by atoms with van der Waals surface area (Å²) in [5, 5.41) is 6.90. The Hall–Kier alpha value is -1.84. The molecule has 0 bridgehead atoms. The first-order valence-electron chi connectivity index (χ1n) is 6.59. The normalized spacial score (nSPS) is 18.1. The van der Waals surface area contributed by atoms with Crippen LogP contribution in [0.5, 0.6) is 0 Å². The minimum absolute atomic E-state index is 0.0186. The Bertz CT molecular complexity index is 628. The second-order valence-electron chi connectivity index (χ2n) is 4.88. The second-order valence-corrected chi connectivity index (χ2v) is 5.29. The number of carbonyl (C=O) groups is 1. The molecule has 20 heavy (non-hydrogen) atoms. The number of nitrogens with one attached hydrogen (secondary N) is 2. The number of rotatable bonds is 2. The largest absolute Gasteiger partial charge is 0.324 e. The molecule has 1 heterocycles. The molecule has 0 radical (unpaired) electrons. The number of anilines is 1. The summed E-state index contributed by atoms with van der Waals surface area (Å²) >= 11 is 6.18. The second kappa shape index (κ2) is 5.65. The Balaban J connectivity index is 1.81. The van der Waals surface area contributed by atoms with Crippen molar-refractivity contribution in [2.24, 2.45) is 0 Å². The van der Waals surface area contributed by atoms with Gasteiger partial charge < -0.3 is 10.6 Å². The Morgan fingerprint density at radius 1 is 1.10 bits per heavy atom. The van der Waals surface area contributed by atoms with Crippen LogP contribution in [0.2, 0.25) is 5.02 Å². The zero-order valence-corrected chi connectivity index (χ0v) is 11.7. The van der Waals surface area contributed by atoms with E-state index in [2.05, 4.69) is 10.6 Å². The molecule has 0 spiro atoms. The predicted octanol–water partition coefficient (Wildman–Crippen LogP) is 2.99. The standard InChI is InChI=1S/C16H15ClN2O/c17-13-7-4-8-14-12(13)10-18-15(16(20)19-14)9-11-5-2-1-3-6-11/h1-8,15,18H,9-10H2,(H,19,20)/t15-/m0/s1. The smallest absolute Gasteiger partial charge is 0.241 e. The number of halogens is 1. The van der Waals surface area contributed by atoms with Crippen molar-refractivity contribution in [3.63, 3.8) is 0 Å². The van der Waals surface area contributed by atoms with Crippen LogP contribution < -0.4 is 10.6 Å². The molecule has 0 saturated carbocycles. The van der Waals surface area contributed by atoms with Crippen LogP contribution in [-0.4, -0.2) is 11.9 Å². The third-order valence-corrected chi connectivity index (χ3v) is 3.86. The van der Waals surface area contributed by atoms with Gasteiger partial charge in [-0.3, -0.25) is 4.79 Å². The summed E-state index contributed by atoms with van der Waals surface area (Å²) in [6.07, 6.45) is 0.665. The molecule has 0 fully saturated rings. The van der Waals surface area contributed by atoms with E-state index < -0.39 is 0 Å². The quantitative estimate of drug-likeness (QED) is 0.891. The van der Waals surface area contributed by atoms with Crippen LogP contribution in [0.3, 0.4) is 0 Å². The average Bonchev–Trinajstić information content (AvgIpc) is 2.61. The lowest BCUT2D eigenvalue weighted by Crippen LogP contribution is -2.39. The fraction of sp³-hybridized carbons (Fsp3) is 0.188. The van der Waals surface area contributed by atoms with Crippen LogP contribution in [0.25, 0.3) is 0 Å². The highest BCUT2D eigenvalue weighted by Crippen LogP contribution is 2.26. The summed E-state index contributed by atoms with van der Waals surface area (Å²) in [6, 6.07) is 15.3. The van der Waals surface area contributed by atoms with Gasteiger partial charge in [0.15, 0.2) is 0 Å². The van der Waals surface area contributed by atoms with Gasteiger partial charge in [-0.05, 0) is 24.1 Å². The molecule has 2 N–H and O–H groups in total. The van der Waals surface area contributed by atoms with Gasteiger partial charge in [-0.15, -0.1) is 0 Å². The molecule has 1 amide bonds. The van der Waals surface area contributed by atoms with Crippen molar-refractivity contribution >= 4 is 23.2 Å². The van der Waals surface area contributed by atoms with Gasteiger partial charge in [0.1, 0.15) is 0 Å². The van der Waals surface area contributed by atoms with Gasteiger partial charge in [0.2, 0.25) is 5.91 Å². The van der Waals surface area contributed by atoms with Crippen molar-refractivity contribution in [1.29, 1.82) is 0 Å². The number of hydrogen-bond donors (Lipinski definition) is 2. The van der Waals surface area contributed by atoms with E-state index in [4.69, 9.17) is 11.6 Å². The average molecular weight is 287 g/mol. The highest BCUT2D eigenvalue weighted by molar-refractivity contribution is 6.31. The van der Waals surface area contributed by atoms with Crippen LogP contribution in [-0.2, 0) is 17.8 Å². The molecule has 0 saturated heterocycles. The van der Waals surface area contributed by atoms with Gasteiger partial charge in [0, 0.05) is 22.8 Å². The monoisotopic (exact) mass is 286 g/mol. The van der Waals surface area contributed by atoms with Crippen LogP contribution in [0.4, 0.5) is 5.69 Å². The van der Waals surface area contributed by atoms with Gasteiger partial charge in [-0.1, -0.05) is 48.0 Å². The third kappa shape index (κ3) is 2.69. The zero-order valence-electron chi connectivity index (χ0n) is 10.9. The lowest BCUT2D eigenvalue weighted by molar-refractivity contribution is -0.118. The first-order chi connectivity index (χ1) is 9.74. The number of hydrogen-bond acceptors (Lipinski definition) is 2. The van der Waals surface area contributed by atoms with Crippen molar-refractivity contribution < 1.29 is 4.79 Å². The molecule has 4 heteroatoms. The van der Waals surface area contributed by atoms with E-state index in [0.717, 1.165) is 16.8 Å². The molecule has 102 valence electrons. The summed E-state index contributed by atoms with van der Waals surface area (Å²) in [7, 11) is 0. The molecule has 3 rings (SSSR count). The van der Waals surface area contributed by atoms with Gasteiger partial charge in [0.05, 0.1) is 6.04 Å². The van der Waals surface area contributed by atoms with E-state index in [1.165, 1.54) is 0 Å². The van der Waals surface area contributed by atoms with E-state index in [1.807, 2.05) is 48.5 Å². The van der Waals surface area contributed by atoms with E-state index >= 15 is 0 Å². The summed E-state index contributed by atoms with van der Waals surface area (Å²) in [4.78, 5) is 12.3. The summed E-state index contributed by atoms with van der Waals surface area (Å²) < 4.78 is 0. The van der Waals surface area contributed by atoms with Crippen LogP contribution in [0.1, 0.15) is 11.1 Å². The van der Waals surface area contributed by atoms with Crippen molar-refractivity contribution in [3.05, 3.63) is 64.7 Å². The molecule has 0 unspecified atom stereocenters. The Morgan fingerprint density at radius 3 is 2.70 bits per heavy atom. The van der Waals surface area contributed by atoms with E-state index in [-0.39, 0.29) is 11.9 Å².